The Morgan fingerprint density at radius 1 is 1.29 bits per heavy atom. The number of hydrogen-bond acceptors (Lipinski definition) is 2. The molecular weight excluding hydrogens is 212 g/mol. The van der Waals surface area contributed by atoms with Crippen molar-refractivity contribution in [3.63, 3.8) is 0 Å². The Balaban J connectivity index is 2.33. The summed E-state index contributed by atoms with van der Waals surface area (Å²) in [7, 11) is 0. The molecule has 0 fully saturated rings. The third kappa shape index (κ3) is 1.45. The molecule has 0 aliphatic rings. The highest BCUT2D eigenvalue weighted by atomic mass is 15.1. The molecule has 0 amide bonds. The molecule has 4 nitrogen and oxygen atoms in total. The van der Waals surface area contributed by atoms with E-state index in [4.69, 9.17) is 5.73 Å². The zero-order valence-corrected chi connectivity index (χ0v) is 9.62. The quantitative estimate of drug-likeness (QED) is 0.627. The molecule has 2 aromatic heterocycles. The molecule has 0 spiro atoms. The number of para-hydroxylation sites is 1. The van der Waals surface area contributed by atoms with E-state index in [-0.39, 0.29) is 0 Å². The van der Waals surface area contributed by atoms with Crippen LogP contribution < -0.4 is 5.73 Å². The molecule has 86 valence electrons. The number of H-pyrrole nitrogens is 2. The predicted molar refractivity (Wildman–Crippen MR) is 68.5 cm³/mol. The molecule has 0 unspecified atom stereocenters. The van der Waals surface area contributed by atoms with Gasteiger partial charge in [-0.25, -0.2) is 0 Å². The fourth-order valence-electron chi connectivity index (χ4n) is 2.31. The van der Waals surface area contributed by atoms with Gasteiger partial charge < -0.3 is 10.7 Å². The van der Waals surface area contributed by atoms with Crippen LogP contribution in [0.15, 0.2) is 30.5 Å². The molecule has 0 bridgehead atoms. The van der Waals surface area contributed by atoms with Gasteiger partial charge >= 0.3 is 0 Å². The van der Waals surface area contributed by atoms with E-state index < -0.39 is 0 Å². The van der Waals surface area contributed by atoms with Crippen molar-refractivity contribution in [1.29, 1.82) is 0 Å². The monoisotopic (exact) mass is 226 g/mol. The van der Waals surface area contributed by atoms with Gasteiger partial charge in [0, 0.05) is 34.3 Å². The summed E-state index contributed by atoms with van der Waals surface area (Å²) >= 11 is 0. The van der Waals surface area contributed by atoms with Crippen LogP contribution in [-0.4, -0.2) is 15.2 Å². The molecule has 3 rings (SSSR count). The Hall–Kier alpha value is -2.07. The minimum atomic E-state index is 0.467. The van der Waals surface area contributed by atoms with E-state index in [1.54, 1.807) is 0 Å². The molecule has 0 aliphatic carbocycles. The van der Waals surface area contributed by atoms with Crippen LogP contribution >= 0.6 is 0 Å². The molecule has 17 heavy (non-hydrogen) atoms. The van der Waals surface area contributed by atoms with Crippen LogP contribution in [0.5, 0.6) is 0 Å². The molecule has 4 heteroatoms. The maximum atomic E-state index is 5.71. The average molecular weight is 226 g/mol. The zero-order chi connectivity index (χ0) is 11.8. The molecule has 0 atom stereocenters. The third-order valence-electron chi connectivity index (χ3n) is 3.09. The van der Waals surface area contributed by atoms with Gasteiger partial charge in [0.05, 0.1) is 11.9 Å². The molecule has 4 N–H and O–H groups in total. The van der Waals surface area contributed by atoms with Crippen molar-refractivity contribution < 1.29 is 0 Å². The average Bonchev–Trinajstić information content (AvgIpc) is 2.90. The number of nitrogens with two attached hydrogens (primary N) is 1. The second-order valence-electron chi connectivity index (χ2n) is 4.14. The number of nitrogens with one attached hydrogen (secondary N) is 2. The van der Waals surface area contributed by atoms with Gasteiger partial charge in [-0.1, -0.05) is 18.2 Å². The summed E-state index contributed by atoms with van der Waals surface area (Å²) < 4.78 is 0. The number of aromatic amines is 2. The van der Waals surface area contributed by atoms with E-state index in [2.05, 4.69) is 34.2 Å². The highest BCUT2D eigenvalue weighted by Crippen LogP contribution is 2.33. The number of benzene rings is 1. The van der Waals surface area contributed by atoms with Gasteiger partial charge in [-0.15, -0.1) is 0 Å². The molecule has 2 heterocycles. The topological polar surface area (TPSA) is 70.5 Å². The highest BCUT2D eigenvalue weighted by Gasteiger charge is 2.14. The van der Waals surface area contributed by atoms with Gasteiger partial charge in [-0.3, -0.25) is 5.10 Å². The van der Waals surface area contributed by atoms with Crippen molar-refractivity contribution in [2.45, 2.75) is 13.5 Å². The lowest BCUT2D eigenvalue weighted by atomic mass is 10.0. The molecule has 0 radical (unpaired) electrons. The lowest BCUT2D eigenvalue weighted by molar-refractivity contribution is 0.948. The summed E-state index contributed by atoms with van der Waals surface area (Å²) in [5, 5.41) is 8.23. The van der Waals surface area contributed by atoms with Crippen molar-refractivity contribution >= 4 is 10.9 Å². The summed E-state index contributed by atoms with van der Waals surface area (Å²) in [6.45, 7) is 2.54. The Kier molecular flexibility index (Phi) is 2.23. The highest BCUT2D eigenvalue weighted by molar-refractivity contribution is 5.97. The van der Waals surface area contributed by atoms with E-state index >= 15 is 0 Å². The van der Waals surface area contributed by atoms with E-state index in [0.717, 1.165) is 22.5 Å². The summed E-state index contributed by atoms with van der Waals surface area (Å²) in [4.78, 5) is 3.38. The van der Waals surface area contributed by atoms with Crippen LogP contribution in [0.3, 0.4) is 0 Å². The van der Waals surface area contributed by atoms with E-state index in [0.29, 0.717) is 6.54 Å². The summed E-state index contributed by atoms with van der Waals surface area (Å²) in [5.74, 6) is 0. The minimum Gasteiger partial charge on any atom is -0.358 e. The molecule has 0 saturated heterocycles. The molecule has 3 aromatic rings. The van der Waals surface area contributed by atoms with Crippen LogP contribution in [-0.2, 0) is 6.54 Å². The van der Waals surface area contributed by atoms with Crippen LogP contribution in [0.2, 0.25) is 0 Å². The first-order valence-electron chi connectivity index (χ1n) is 5.61. The SMILES string of the molecule is Cc1[nH]c2ccccc2c1-c1cn[nH]c1CN. The Bertz CT molecular complexity index is 663. The summed E-state index contributed by atoms with van der Waals surface area (Å²) in [5.41, 5.74) is 11.2. The number of hydrogen-bond donors (Lipinski definition) is 3. The lowest BCUT2D eigenvalue weighted by Crippen LogP contribution is -1.98. The van der Waals surface area contributed by atoms with Crippen molar-refractivity contribution in [3.8, 4) is 11.1 Å². The third-order valence-corrected chi connectivity index (χ3v) is 3.09. The standard InChI is InChI=1S/C13H14N4/c1-8-13(10-7-15-17-12(10)6-14)9-4-2-3-5-11(9)16-8/h2-5,7,16H,6,14H2,1H3,(H,15,17). The Morgan fingerprint density at radius 3 is 2.94 bits per heavy atom. The van der Waals surface area contributed by atoms with Crippen LogP contribution in [0.1, 0.15) is 11.4 Å². The van der Waals surface area contributed by atoms with E-state index in [9.17, 15) is 0 Å². The first kappa shape index (κ1) is 10.1. The fourth-order valence-corrected chi connectivity index (χ4v) is 2.31. The van der Waals surface area contributed by atoms with Gasteiger partial charge in [-0.05, 0) is 13.0 Å². The first-order valence-corrected chi connectivity index (χ1v) is 5.61. The van der Waals surface area contributed by atoms with Crippen LogP contribution in [0.4, 0.5) is 0 Å². The van der Waals surface area contributed by atoms with Gasteiger partial charge in [0.15, 0.2) is 0 Å². The maximum Gasteiger partial charge on any atom is 0.0570 e. The van der Waals surface area contributed by atoms with E-state index in [1.807, 2.05) is 18.3 Å². The second kappa shape index (κ2) is 3.75. The number of fused-ring (bicyclic) bond motifs is 1. The first-order chi connectivity index (χ1) is 8.31. The van der Waals surface area contributed by atoms with Crippen molar-refractivity contribution in [2.24, 2.45) is 5.73 Å². The van der Waals surface area contributed by atoms with Gasteiger partial charge in [0.25, 0.3) is 0 Å². The van der Waals surface area contributed by atoms with Crippen LogP contribution in [0, 0.1) is 6.92 Å². The van der Waals surface area contributed by atoms with E-state index in [1.165, 1.54) is 10.9 Å². The second-order valence-corrected chi connectivity index (χ2v) is 4.14. The number of nitrogens with zero attached hydrogens (tertiary/aromatic N) is 1. The van der Waals surface area contributed by atoms with Gasteiger partial charge in [-0.2, -0.15) is 5.10 Å². The predicted octanol–water partition coefficient (Wildman–Crippen LogP) is 2.33. The fraction of sp³-hybridized carbons (Fsp3) is 0.154. The van der Waals surface area contributed by atoms with Crippen LogP contribution in [0.25, 0.3) is 22.0 Å². The number of aryl methyl sites for hydroxylation is 1. The smallest absolute Gasteiger partial charge is 0.0570 e. The molecular formula is C13H14N4. The summed E-state index contributed by atoms with van der Waals surface area (Å²) in [6, 6.07) is 8.26. The minimum absolute atomic E-state index is 0.467. The normalized spacial score (nSPS) is 11.2. The van der Waals surface area contributed by atoms with Crippen molar-refractivity contribution in [1.82, 2.24) is 15.2 Å². The zero-order valence-electron chi connectivity index (χ0n) is 9.62. The van der Waals surface area contributed by atoms with Gasteiger partial charge in [0.2, 0.25) is 0 Å². The Morgan fingerprint density at radius 2 is 2.12 bits per heavy atom. The molecule has 1 aromatic carbocycles. The largest absolute Gasteiger partial charge is 0.358 e. The number of aromatic nitrogens is 3. The maximum absolute atomic E-state index is 5.71. The molecule has 0 aliphatic heterocycles. The van der Waals surface area contributed by atoms with Gasteiger partial charge in [0.1, 0.15) is 0 Å². The lowest BCUT2D eigenvalue weighted by Gasteiger charge is -2.01. The summed E-state index contributed by atoms with van der Waals surface area (Å²) in [6.07, 6.45) is 1.84. The molecule has 0 saturated carbocycles. The number of rotatable bonds is 2. The van der Waals surface area contributed by atoms with Crippen molar-refractivity contribution in [2.75, 3.05) is 0 Å². The Labute approximate surface area is 98.8 Å². The van der Waals surface area contributed by atoms with Crippen molar-refractivity contribution in [3.05, 3.63) is 41.9 Å².